The van der Waals surface area contributed by atoms with Crippen LogP contribution in [0.1, 0.15) is 0 Å². The highest BCUT2D eigenvalue weighted by Crippen LogP contribution is 2.40. The van der Waals surface area contributed by atoms with E-state index in [1.54, 1.807) is 0 Å². The molecule has 5 saturated heterocycles. The third-order valence-electron chi connectivity index (χ3n) is 10.4. The molecule has 5 rings (SSSR count). The van der Waals surface area contributed by atoms with Gasteiger partial charge in [-0.25, -0.2) is 0 Å². The Balaban J connectivity index is 1.30. The molecule has 24 unspecified atom stereocenters. The van der Waals surface area contributed by atoms with Crippen molar-refractivity contribution >= 4 is 0 Å². The normalized spacial score (nSPS) is 53.0. The molecular weight excluding hydrogens is 776 g/mol. The van der Waals surface area contributed by atoms with Crippen molar-refractivity contribution < 1.29 is 129 Å². The van der Waals surface area contributed by atoms with Gasteiger partial charge in [-0.3, -0.25) is 0 Å². The van der Waals surface area contributed by atoms with E-state index in [-0.39, 0.29) is 0 Å². The van der Waals surface area contributed by atoms with Gasteiger partial charge in [0.1, 0.15) is 123 Å². The van der Waals surface area contributed by atoms with Gasteiger partial charge >= 0.3 is 0 Å². The molecule has 328 valence electrons. The highest BCUT2D eigenvalue weighted by atomic mass is 16.8. The Morgan fingerprint density at radius 3 is 1.14 bits per heavy atom. The Hall–Kier alpha value is -1.04. The van der Waals surface area contributed by atoms with Crippen LogP contribution in [0.5, 0.6) is 0 Å². The fourth-order valence-electron chi connectivity index (χ4n) is 6.89. The highest BCUT2D eigenvalue weighted by molar-refractivity contribution is 5.01. The van der Waals surface area contributed by atoms with Gasteiger partial charge in [0.15, 0.2) is 25.2 Å². The van der Waals surface area contributed by atoms with Crippen molar-refractivity contribution in [2.24, 2.45) is 0 Å². The van der Waals surface area contributed by atoms with E-state index in [9.17, 15) is 86.8 Å². The molecule has 5 fully saturated rings. The summed E-state index contributed by atoms with van der Waals surface area (Å²) in [4.78, 5) is 0. The third kappa shape index (κ3) is 9.01. The molecule has 0 aromatic heterocycles. The maximum absolute atomic E-state index is 11.1. The SMILES string of the molecule is OCC1OC(OCC2OC(OC3C(O)C(CO)OC3(CO)OC3OC(COC4OC(CO)C(O)C(O)C4O)C(O)C(O)C3O)C(O)C(O)C2O)C(O)C(O)C1O. The highest BCUT2D eigenvalue weighted by Gasteiger charge is 2.61. The molecule has 26 heteroatoms. The van der Waals surface area contributed by atoms with Crippen molar-refractivity contribution in [3.63, 3.8) is 0 Å². The van der Waals surface area contributed by atoms with Crippen LogP contribution in [-0.2, 0) is 42.6 Å². The molecule has 56 heavy (non-hydrogen) atoms. The lowest BCUT2D eigenvalue weighted by molar-refractivity contribution is -0.403. The number of ether oxygens (including phenoxy) is 9. The summed E-state index contributed by atoms with van der Waals surface area (Å²) < 4.78 is 49.5. The largest absolute Gasteiger partial charge is 0.394 e. The first-order valence-corrected chi connectivity index (χ1v) is 17.6. The summed E-state index contributed by atoms with van der Waals surface area (Å²) in [6, 6.07) is 0. The molecule has 5 aliphatic rings. The Morgan fingerprint density at radius 1 is 0.375 bits per heavy atom. The van der Waals surface area contributed by atoms with Crippen LogP contribution in [0.3, 0.4) is 0 Å². The monoisotopic (exact) mass is 828 g/mol. The molecule has 17 N–H and O–H groups in total. The first-order valence-electron chi connectivity index (χ1n) is 17.6. The van der Waals surface area contributed by atoms with Gasteiger partial charge in [-0.2, -0.15) is 0 Å². The minimum Gasteiger partial charge on any atom is -0.394 e. The van der Waals surface area contributed by atoms with Crippen LogP contribution >= 0.6 is 0 Å². The predicted octanol–water partition coefficient (Wildman–Crippen LogP) is -11.9. The Bertz CT molecular complexity index is 1220. The van der Waals surface area contributed by atoms with Crippen molar-refractivity contribution in [1.29, 1.82) is 0 Å². The van der Waals surface area contributed by atoms with E-state index in [1.807, 2.05) is 0 Å². The topological polar surface area (TPSA) is 427 Å². The van der Waals surface area contributed by atoms with E-state index < -0.39 is 187 Å². The zero-order chi connectivity index (χ0) is 41.4. The van der Waals surface area contributed by atoms with Crippen molar-refractivity contribution in [2.45, 2.75) is 147 Å². The molecule has 0 saturated carbocycles. The second kappa shape index (κ2) is 19.1. The lowest BCUT2D eigenvalue weighted by Crippen LogP contribution is -2.65. The summed E-state index contributed by atoms with van der Waals surface area (Å²) >= 11 is 0. The quantitative estimate of drug-likeness (QED) is 0.0773. The second-order valence-electron chi connectivity index (χ2n) is 14.1. The molecule has 5 heterocycles. The van der Waals surface area contributed by atoms with E-state index in [1.165, 1.54) is 0 Å². The molecule has 0 aromatic carbocycles. The smallest absolute Gasteiger partial charge is 0.224 e. The zero-order valence-electron chi connectivity index (χ0n) is 29.3. The van der Waals surface area contributed by atoms with Gasteiger partial charge in [-0.1, -0.05) is 0 Å². The fraction of sp³-hybridized carbons (Fsp3) is 1.00. The molecule has 24 atom stereocenters. The predicted molar refractivity (Wildman–Crippen MR) is 167 cm³/mol. The van der Waals surface area contributed by atoms with Gasteiger partial charge in [0, 0.05) is 0 Å². The molecular formula is C30H52O26. The van der Waals surface area contributed by atoms with Crippen molar-refractivity contribution in [3.05, 3.63) is 0 Å². The Morgan fingerprint density at radius 2 is 0.732 bits per heavy atom. The molecule has 26 nitrogen and oxygen atoms in total. The average molecular weight is 829 g/mol. The molecule has 0 bridgehead atoms. The molecule has 0 amide bonds. The average Bonchev–Trinajstić information content (AvgIpc) is 3.46. The molecule has 0 radical (unpaired) electrons. The van der Waals surface area contributed by atoms with Gasteiger partial charge in [0.05, 0.1) is 33.0 Å². The summed E-state index contributed by atoms with van der Waals surface area (Å²) in [6.45, 7) is -5.38. The van der Waals surface area contributed by atoms with Crippen LogP contribution in [0.25, 0.3) is 0 Å². The minimum absolute atomic E-state index is 0.771. The maximum Gasteiger partial charge on any atom is 0.224 e. The van der Waals surface area contributed by atoms with Crippen LogP contribution in [0.15, 0.2) is 0 Å². The van der Waals surface area contributed by atoms with Gasteiger partial charge in [0.2, 0.25) is 5.79 Å². The van der Waals surface area contributed by atoms with Gasteiger partial charge in [-0.05, 0) is 0 Å². The van der Waals surface area contributed by atoms with Gasteiger partial charge < -0.3 is 129 Å². The van der Waals surface area contributed by atoms with Crippen molar-refractivity contribution in [3.8, 4) is 0 Å². The van der Waals surface area contributed by atoms with E-state index in [0.717, 1.165) is 0 Å². The van der Waals surface area contributed by atoms with Crippen LogP contribution in [0.4, 0.5) is 0 Å². The van der Waals surface area contributed by atoms with Gasteiger partial charge in [-0.15, -0.1) is 0 Å². The van der Waals surface area contributed by atoms with E-state index in [0.29, 0.717) is 0 Å². The Kier molecular flexibility index (Phi) is 15.7. The zero-order valence-corrected chi connectivity index (χ0v) is 29.3. The first kappa shape index (κ1) is 46.0. The van der Waals surface area contributed by atoms with Gasteiger partial charge in [0.25, 0.3) is 0 Å². The van der Waals surface area contributed by atoms with Crippen LogP contribution < -0.4 is 0 Å². The van der Waals surface area contributed by atoms with E-state index >= 15 is 0 Å². The number of hydrogen-bond donors (Lipinski definition) is 17. The van der Waals surface area contributed by atoms with Crippen LogP contribution in [0, 0.1) is 0 Å². The standard InChI is InChI=1S/C30H52O26/c31-1-7-12(35)17(40)21(44)26(50-7)48-4-10-14(37)19(42)23(46)28(52-10)54-25-16(39)9(3-33)55-30(25,6-34)56-29-24(47)20(43)15(38)11(53-29)5-49-27-22(45)18(41)13(36)8(2-32)51-27/h7-29,31-47H,1-6H2. The van der Waals surface area contributed by atoms with Crippen LogP contribution in [0.2, 0.25) is 0 Å². The Labute approximate surface area is 316 Å². The van der Waals surface area contributed by atoms with Crippen molar-refractivity contribution in [1.82, 2.24) is 0 Å². The van der Waals surface area contributed by atoms with Crippen LogP contribution in [-0.4, -0.2) is 273 Å². The maximum atomic E-state index is 11.1. The van der Waals surface area contributed by atoms with E-state index in [2.05, 4.69) is 0 Å². The first-order chi connectivity index (χ1) is 26.4. The summed E-state index contributed by atoms with van der Waals surface area (Å²) in [5, 5.41) is 175. The number of aliphatic hydroxyl groups is 17. The lowest BCUT2D eigenvalue weighted by Gasteiger charge is -2.46. The molecule has 0 aromatic rings. The summed E-state index contributed by atoms with van der Waals surface area (Å²) in [6.07, 6.45) is -42.4. The molecule has 5 aliphatic heterocycles. The molecule has 0 spiro atoms. The number of rotatable bonds is 14. The van der Waals surface area contributed by atoms with E-state index in [4.69, 9.17) is 42.6 Å². The lowest BCUT2D eigenvalue weighted by atomic mass is 9.97. The number of hydrogen-bond acceptors (Lipinski definition) is 26. The number of aliphatic hydroxyl groups excluding tert-OH is 17. The summed E-state index contributed by atoms with van der Waals surface area (Å²) in [5.41, 5.74) is 0. The molecule has 0 aliphatic carbocycles. The summed E-state index contributed by atoms with van der Waals surface area (Å²) in [5.74, 6) is -2.68. The third-order valence-corrected chi connectivity index (χ3v) is 10.4. The minimum atomic E-state index is -2.68. The second-order valence-corrected chi connectivity index (χ2v) is 14.1. The van der Waals surface area contributed by atoms with Crippen molar-refractivity contribution in [2.75, 3.05) is 39.6 Å². The fourth-order valence-corrected chi connectivity index (χ4v) is 6.89. The summed E-state index contributed by atoms with van der Waals surface area (Å²) in [7, 11) is 0.